The van der Waals surface area contributed by atoms with Crippen LogP contribution in [0.4, 0.5) is 11.4 Å². The van der Waals surface area contributed by atoms with Crippen molar-refractivity contribution in [1.82, 2.24) is 4.90 Å². The van der Waals surface area contributed by atoms with Crippen molar-refractivity contribution in [3.63, 3.8) is 0 Å². The summed E-state index contributed by atoms with van der Waals surface area (Å²) in [5.41, 5.74) is 0.498. The number of carbonyl (C=O) groups is 1. The molecule has 21 heavy (non-hydrogen) atoms. The predicted octanol–water partition coefficient (Wildman–Crippen LogP) is 1.77. The highest BCUT2D eigenvalue weighted by molar-refractivity contribution is 9.10. The van der Waals surface area contributed by atoms with E-state index in [-0.39, 0.29) is 30.3 Å². The first-order chi connectivity index (χ1) is 10.0. The lowest BCUT2D eigenvalue weighted by Gasteiger charge is -2.28. The highest BCUT2D eigenvalue weighted by Gasteiger charge is 2.38. The lowest BCUT2D eigenvalue weighted by molar-refractivity contribution is -0.384. The van der Waals surface area contributed by atoms with Gasteiger partial charge in [0.05, 0.1) is 17.6 Å². The van der Waals surface area contributed by atoms with Crippen molar-refractivity contribution in [3.05, 3.63) is 32.8 Å². The molecule has 3 rings (SSSR count). The van der Waals surface area contributed by atoms with Crippen molar-refractivity contribution < 1.29 is 14.5 Å². The van der Waals surface area contributed by atoms with Crippen LogP contribution >= 0.6 is 15.9 Å². The van der Waals surface area contributed by atoms with E-state index in [2.05, 4.69) is 21.2 Å². The number of rotatable bonds is 3. The maximum Gasteiger partial charge on any atom is 0.293 e. The molecule has 2 atom stereocenters. The number of amides is 1. The second-order valence-electron chi connectivity index (χ2n) is 5.21. The number of nitro groups is 1. The van der Waals surface area contributed by atoms with Crippen molar-refractivity contribution in [2.75, 3.05) is 25.1 Å². The van der Waals surface area contributed by atoms with Crippen LogP contribution in [-0.4, -0.2) is 47.6 Å². The smallest absolute Gasteiger partial charge is 0.293 e. The van der Waals surface area contributed by atoms with Crippen molar-refractivity contribution in [2.24, 2.45) is 0 Å². The molecule has 0 saturated carbocycles. The molecule has 1 aromatic carbocycles. The monoisotopic (exact) mass is 355 g/mol. The highest BCUT2D eigenvalue weighted by atomic mass is 79.9. The van der Waals surface area contributed by atoms with E-state index in [0.29, 0.717) is 23.3 Å². The summed E-state index contributed by atoms with van der Waals surface area (Å²) >= 11 is 3.23. The summed E-state index contributed by atoms with van der Waals surface area (Å²) in [6, 6.07) is 4.97. The van der Waals surface area contributed by atoms with Gasteiger partial charge >= 0.3 is 0 Å². The van der Waals surface area contributed by atoms with Gasteiger partial charge in [0.25, 0.3) is 5.69 Å². The summed E-state index contributed by atoms with van der Waals surface area (Å²) in [6.45, 7) is 1.22. The molecule has 2 fully saturated rings. The Balaban J connectivity index is 1.76. The summed E-state index contributed by atoms with van der Waals surface area (Å²) in [5.74, 6) is -0.0131. The van der Waals surface area contributed by atoms with E-state index in [1.54, 1.807) is 17.0 Å². The number of ether oxygens (including phenoxy) is 1. The molecule has 2 aliphatic rings. The van der Waals surface area contributed by atoms with Gasteiger partial charge in [-0.1, -0.05) is 15.9 Å². The van der Waals surface area contributed by atoms with E-state index in [1.807, 2.05) is 0 Å². The molecule has 1 unspecified atom stereocenters. The topological polar surface area (TPSA) is 84.7 Å². The normalized spacial score (nSPS) is 24.8. The first kappa shape index (κ1) is 14.3. The number of benzene rings is 1. The maximum absolute atomic E-state index is 11.8. The van der Waals surface area contributed by atoms with Gasteiger partial charge in [-0.3, -0.25) is 14.9 Å². The van der Waals surface area contributed by atoms with E-state index < -0.39 is 4.92 Å². The van der Waals surface area contributed by atoms with Gasteiger partial charge in [-0.25, -0.2) is 0 Å². The molecular formula is C13H14BrN3O4. The molecule has 112 valence electrons. The number of nitrogens with one attached hydrogen (secondary N) is 1. The molecule has 0 radical (unpaired) electrons. The van der Waals surface area contributed by atoms with Gasteiger partial charge in [0.15, 0.2) is 0 Å². The van der Waals surface area contributed by atoms with Gasteiger partial charge < -0.3 is 15.0 Å². The van der Waals surface area contributed by atoms with E-state index in [0.717, 1.165) is 6.42 Å². The third kappa shape index (κ3) is 2.86. The number of nitro benzene ring substituents is 1. The number of carbonyl (C=O) groups excluding carboxylic acids is 1. The zero-order valence-electron chi connectivity index (χ0n) is 11.1. The zero-order chi connectivity index (χ0) is 15.0. The van der Waals surface area contributed by atoms with Gasteiger partial charge in [-0.2, -0.15) is 0 Å². The molecule has 1 amide bonds. The minimum atomic E-state index is -0.413. The van der Waals surface area contributed by atoms with E-state index >= 15 is 0 Å². The number of halogens is 1. The second kappa shape index (κ2) is 5.61. The fraction of sp³-hybridized carbons (Fsp3) is 0.462. The van der Waals surface area contributed by atoms with Gasteiger partial charge in [0.1, 0.15) is 12.3 Å². The number of nitrogens with zero attached hydrogens (tertiary/aromatic N) is 2. The van der Waals surface area contributed by atoms with Gasteiger partial charge in [0, 0.05) is 23.1 Å². The fourth-order valence-electron chi connectivity index (χ4n) is 2.85. The molecule has 0 spiro atoms. The van der Waals surface area contributed by atoms with Crippen LogP contribution in [-0.2, 0) is 9.53 Å². The van der Waals surface area contributed by atoms with Crippen LogP contribution in [0.15, 0.2) is 22.7 Å². The Morgan fingerprint density at radius 2 is 2.29 bits per heavy atom. The number of fused-ring (bicyclic) bond motifs is 1. The SMILES string of the molecule is O=C1COC[C@H]2CC(Nc3ccc(Br)cc3[N+](=O)[O-])CN12. The molecule has 2 aliphatic heterocycles. The molecule has 1 N–H and O–H groups in total. The third-order valence-corrected chi connectivity index (χ3v) is 4.28. The van der Waals surface area contributed by atoms with Crippen LogP contribution in [0.3, 0.4) is 0 Å². The van der Waals surface area contributed by atoms with Crippen LogP contribution in [0, 0.1) is 10.1 Å². The van der Waals surface area contributed by atoms with Gasteiger partial charge in [-0.15, -0.1) is 0 Å². The zero-order valence-corrected chi connectivity index (χ0v) is 12.7. The van der Waals surface area contributed by atoms with Gasteiger partial charge in [0.2, 0.25) is 5.91 Å². The average molecular weight is 356 g/mol. The Morgan fingerprint density at radius 3 is 3.00 bits per heavy atom. The fourth-order valence-corrected chi connectivity index (χ4v) is 3.20. The van der Waals surface area contributed by atoms with Crippen molar-refractivity contribution in [2.45, 2.75) is 18.5 Å². The number of anilines is 1. The Morgan fingerprint density at radius 1 is 1.48 bits per heavy atom. The average Bonchev–Trinajstić information content (AvgIpc) is 2.85. The molecule has 1 aromatic rings. The highest BCUT2D eigenvalue weighted by Crippen LogP contribution is 2.31. The van der Waals surface area contributed by atoms with Crippen LogP contribution < -0.4 is 5.32 Å². The largest absolute Gasteiger partial charge is 0.375 e. The van der Waals surface area contributed by atoms with E-state index in [1.165, 1.54) is 6.07 Å². The third-order valence-electron chi connectivity index (χ3n) is 3.79. The van der Waals surface area contributed by atoms with Crippen LogP contribution in [0.1, 0.15) is 6.42 Å². The lowest BCUT2D eigenvalue weighted by Crippen LogP contribution is -2.45. The summed E-state index contributed by atoms with van der Waals surface area (Å²) in [6.07, 6.45) is 0.735. The first-order valence-electron chi connectivity index (χ1n) is 6.62. The molecule has 0 bridgehead atoms. The van der Waals surface area contributed by atoms with E-state index in [4.69, 9.17) is 4.74 Å². The standard InChI is InChI=1S/C13H14BrN3O4/c14-8-1-2-11(12(3-8)17(19)20)15-9-4-10-6-21-7-13(18)16(10)5-9/h1-3,9-10,15H,4-7H2/t9?,10-/m1/s1. The quantitative estimate of drug-likeness (QED) is 0.659. The van der Waals surface area contributed by atoms with E-state index in [9.17, 15) is 14.9 Å². The molecular weight excluding hydrogens is 342 g/mol. The Kier molecular flexibility index (Phi) is 3.81. The molecule has 7 nitrogen and oxygen atoms in total. The summed E-state index contributed by atoms with van der Waals surface area (Å²) in [4.78, 5) is 24.2. The molecule has 2 heterocycles. The molecule has 2 saturated heterocycles. The predicted molar refractivity (Wildman–Crippen MR) is 79.1 cm³/mol. The first-order valence-corrected chi connectivity index (χ1v) is 7.41. The van der Waals surface area contributed by atoms with Crippen LogP contribution in [0.2, 0.25) is 0 Å². The minimum absolute atomic E-state index is 0.000487. The van der Waals surface area contributed by atoms with Crippen LogP contribution in [0.25, 0.3) is 0 Å². The summed E-state index contributed by atoms with van der Waals surface area (Å²) in [7, 11) is 0. The van der Waals surface area contributed by atoms with Crippen LogP contribution in [0.5, 0.6) is 0 Å². The Hall–Kier alpha value is -1.67. The van der Waals surface area contributed by atoms with Crippen molar-refractivity contribution in [3.8, 4) is 0 Å². The Labute approximate surface area is 129 Å². The number of hydrogen-bond donors (Lipinski definition) is 1. The second-order valence-corrected chi connectivity index (χ2v) is 6.13. The minimum Gasteiger partial charge on any atom is -0.375 e. The van der Waals surface area contributed by atoms with Crippen molar-refractivity contribution >= 4 is 33.2 Å². The summed E-state index contributed by atoms with van der Waals surface area (Å²) < 4.78 is 5.90. The van der Waals surface area contributed by atoms with Crippen molar-refractivity contribution in [1.29, 1.82) is 0 Å². The number of hydrogen-bond acceptors (Lipinski definition) is 5. The number of morpholine rings is 1. The Bertz CT molecular complexity index is 595. The lowest BCUT2D eigenvalue weighted by atomic mass is 10.1. The molecule has 8 heteroatoms. The molecule has 0 aromatic heterocycles. The summed E-state index contributed by atoms with van der Waals surface area (Å²) in [5, 5.41) is 14.3. The molecule has 0 aliphatic carbocycles. The maximum atomic E-state index is 11.8. The van der Waals surface area contributed by atoms with Gasteiger partial charge in [-0.05, 0) is 18.6 Å².